The van der Waals surface area contributed by atoms with Gasteiger partial charge in [-0.15, -0.1) is 0 Å². The number of hydrogen-bond donors (Lipinski definition) is 2. The van der Waals surface area contributed by atoms with Crippen LogP contribution in [0.2, 0.25) is 0 Å². The Kier molecular flexibility index (Phi) is 7.68. The highest BCUT2D eigenvalue weighted by molar-refractivity contribution is 5.97. The fourth-order valence-corrected chi connectivity index (χ4v) is 7.35. The summed E-state index contributed by atoms with van der Waals surface area (Å²) in [6, 6.07) is 3.42. The highest BCUT2D eigenvalue weighted by Gasteiger charge is 2.49. The number of fused-ring (bicyclic) bond motifs is 1. The molecule has 0 unspecified atom stereocenters. The van der Waals surface area contributed by atoms with Gasteiger partial charge in [0.05, 0.1) is 29.4 Å². The molecule has 16 heteroatoms. The highest BCUT2D eigenvalue weighted by atomic mass is 19.4. The van der Waals surface area contributed by atoms with E-state index in [1.54, 1.807) is 17.0 Å². The van der Waals surface area contributed by atoms with Gasteiger partial charge < -0.3 is 25.8 Å². The average molecular weight is 675 g/mol. The number of halogens is 6. The molecule has 3 aliphatic rings. The summed E-state index contributed by atoms with van der Waals surface area (Å²) in [6.45, 7) is 3.88. The number of nitrogens with two attached hydrogens (primary N) is 2. The lowest BCUT2D eigenvalue weighted by Gasteiger charge is -2.32. The Bertz CT molecular complexity index is 1930. The highest BCUT2D eigenvalue weighted by Crippen LogP contribution is 2.47. The number of anilines is 3. The Morgan fingerprint density at radius 3 is 2.69 bits per heavy atom. The third-order valence-corrected chi connectivity index (χ3v) is 9.64. The van der Waals surface area contributed by atoms with Gasteiger partial charge in [0.15, 0.2) is 5.82 Å². The maximum atomic E-state index is 16.8. The average Bonchev–Trinajstić information content (AvgIpc) is 3.49. The second kappa shape index (κ2) is 11.5. The first kappa shape index (κ1) is 32.0. The van der Waals surface area contributed by atoms with Crippen molar-refractivity contribution in [3.8, 4) is 23.1 Å². The molecule has 2 fully saturated rings. The second-order valence-corrected chi connectivity index (χ2v) is 12.5. The molecule has 0 spiro atoms. The third kappa shape index (κ3) is 5.16. The summed E-state index contributed by atoms with van der Waals surface area (Å²) in [5, 5.41) is -0.0129. The van der Waals surface area contributed by atoms with Gasteiger partial charge in [-0.25, -0.2) is 23.1 Å². The summed E-state index contributed by atoms with van der Waals surface area (Å²) in [4.78, 5) is 21.2. The summed E-state index contributed by atoms with van der Waals surface area (Å²) < 4.78 is 101. The fourth-order valence-electron chi connectivity index (χ4n) is 7.35. The number of ether oxygens (including phenoxy) is 2. The predicted octanol–water partition coefficient (Wildman–Crippen LogP) is 5.77. The van der Waals surface area contributed by atoms with E-state index in [0.29, 0.717) is 24.6 Å². The zero-order chi connectivity index (χ0) is 34.1. The number of alkyl halides is 4. The van der Waals surface area contributed by atoms with Crippen molar-refractivity contribution in [2.24, 2.45) is 0 Å². The molecular weight excluding hydrogens is 642 g/mol. The largest absolute Gasteiger partial charge is 0.475 e. The monoisotopic (exact) mass is 674 g/mol. The summed E-state index contributed by atoms with van der Waals surface area (Å²) >= 11 is 0. The van der Waals surface area contributed by atoms with Crippen LogP contribution in [0.4, 0.5) is 43.7 Å². The molecule has 48 heavy (non-hydrogen) atoms. The predicted molar refractivity (Wildman–Crippen MR) is 165 cm³/mol. The molecule has 0 aliphatic carbocycles. The number of benzene rings is 1. The second-order valence-electron chi connectivity index (χ2n) is 12.5. The zero-order valence-electron chi connectivity index (χ0n) is 26.0. The van der Waals surface area contributed by atoms with Crippen LogP contribution in [-0.2, 0) is 6.18 Å². The van der Waals surface area contributed by atoms with Crippen LogP contribution < -0.4 is 25.8 Å². The van der Waals surface area contributed by atoms with Gasteiger partial charge in [-0.3, -0.25) is 4.90 Å². The minimum atomic E-state index is -5.09. The van der Waals surface area contributed by atoms with Gasteiger partial charge in [-0.1, -0.05) is 6.07 Å². The van der Waals surface area contributed by atoms with Crippen LogP contribution in [0, 0.1) is 18.6 Å². The van der Waals surface area contributed by atoms with Gasteiger partial charge in [-0.05, 0) is 50.9 Å². The van der Waals surface area contributed by atoms with Crippen molar-refractivity contribution < 1.29 is 35.8 Å². The van der Waals surface area contributed by atoms with Gasteiger partial charge >= 0.3 is 12.2 Å². The Balaban J connectivity index is 1.44. The van der Waals surface area contributed by atoms with E-state index in [0.717, 1.165) is 13.3 Å². The molecule has 1 aromatic carbocycles. The maximum Gasteiger partial charge on any atom is 0.417 e. The number of rotatable bonds is 6. The van der Waals surface area contributed by atoms with E-state index < -0.39 is 69.2 Å². The van der Waals surface area contributed by atoms with E-state index in [-0.39, 0.29) is 61.6 Å². The molecule has 0 bridgehead atoms. The summed E-state index contributed by atoms with van der Waals surface area (Å²) in [7, 11) is 0. The Hall–Kier alpha value is -4.60. The van der Waals surface area contributed by atoms with Crippen LogP contribution >= 0.6 is 0 Å². The van der Waals surface area contributed by atoms with Crippen LogP contribution in [0.3, 0.4) is 0 Å². The molecule has 254 valence electrons. The van der Waals surface area contributed by atoms with Gasteiger partial charge in [0.2, 0.25) is 5.88 Å². The Morgan fingerprint density at radius 1 is 1.15 bits per heavy atom. The molecule has 2 saturated heterocycles. The number of hydrogen-bond acceptors (Lipinski definition) is 10. The van der Waals surface area contributed by atoms with Crippen molar-refractivity contribution in [2.75, 3.05) is 49.2 Å². The van der Waals surface area contributed by atoms with Crippen molar-refractivity contribution in [2.45, 2.75) is 57.0 Å². The molecule has 7 rings (SSSR count). The van der Waals surface area contributed by atoms with E-state index >= 15 is 4.39 Å². The molecule has 3 aromatic heterocycles. The molecule has 0 saturated carbocycles. The van der Waals surface area contributed by atoms with Crippen LogP contribution in [0.5, 0.6) is 11.9 Å². The van der Waals surface area contributed by atoms with Crippen molar-refractivity contribution in [3.63, 3.8) is 0 Å². The topological polar surface area (TPSA) is 129 Å². The number of nitrogens with zero attached hydrogens (tertiary/aromatic N) is 6. The molecule has 4 aromatic rings. The Morgan fingerprint density at radius 2 is 1.94 bits per heavy atom. The van der Waals surface area contributed by atoms with E-state index in [1.165, 1.54) is 6.20 Å². The maximum absolute atomic E-state index is 16.8. The van der Waals surface area contributed by atoms with E-state index in [2.05, 4.69) is 19.9 Å². The molecule has 6 heterocycles. The van der Waals surface area contributed by atoms with Gasteiger partial charge in [0.1, 0.15) is 53.4 Å². The normalized spacial score (nSPS) is 21.7. The summed E-state index contributed by atoms with van der Waals surface area (Å²) in [6.07, 6.45) is -2.79. The third-order valence-electron chi connectivity index (χ3n) is 9.64. The first-order valence-corrected chi connectivity index (χ1v) is 15.5. The SMILES string of the molecule is Cc1c(F)c(N)cc(-c2nc3c4c(nc(OC[C@@]56CCCN5C[C@H](F)C6)nc4c2F)N([C@H](C)c2cccnc2N)CCO3)c1C(F)(F)F. The summed E-state index contributed by atoms with van der Waals surface area (Å²) in [5.74, 6) is -2.37. The lowest BCUT2D eigenvalue weighted by molar-refractivity contribution is -0.137. The summed E-state index contributed by atoms with van der Waals surface area (Å²) in [5.41, 5.74) is 7.11. The fraction of sp³-hybridized carbons (Fsp3) is 0.438. The molecule has 3 atom stereocenters. The minimum absolute atomic E-state index is 0.0122. The van der Waals surface area contributed by atoms with Gasteiger partial charge in [0, 0.05) is 30.3 Å². The smallest absolute Gasteiger partial charge is 0.417 e. The van der Waals surface area contributed by atoms with E-state index in [9.17, 15) is 22.0 Å². The first-order valence-electron chi connectivity index (χ1n) is 15.5. The van der Waals surface area contributed by atoms with E-state index in [1.807, 2.05) is 11.8 Å². The van der Waals surface area contributed by atoms with Crippen molar-refractivity contribution in [1.82, 2.24) is 24.8 Å². The van der Waals surface area contributed by atoms with E-state index in [4.69, 9.17) is 20.9 Å². The first-order chi connectivity index (χ1) is 22.8. The number of aromatic nitrogens is 4. The molecule has 0 radical (unpaired) electrons. The van der Waals surface area contributed by atoms with Crippen LogP contribution in [0.25, 0.3) is 22.2 Å². The minimum Gasteiger partial charge on any atom is -0.475 e. The molecular formula is C32H32F6N8O2. The number of nitrogen functional groups attached to an aromatic ring is 2. The van der Waals surface area contributed by atoms with Crippen LogP contribution in [0.15, 0.2) is 24.4 Å². The molecule has 4 N–H and O–H groups in total. The molecule has 0 amide bonds. The lowest BCUT2D eigenvalue weighted by atomic mass is 9.95. The lowest BCUT2D eigenvalue weighted by Crippen LogP contribution is -2.43. The van der Waals surface area contributed by atoms with Gasteiger partial charge in [0.25, 0.3) is 0 Å². The van der Waals surface area contributed by atoms with Crippen molar-refractivity contribution in [1.29, 1.82) is 0 Å². The van der Waals surface area contributed by atoms with Crippen molar-refractivity contribution in [3.05, 3.63) is 52.7 Å². The number of pyridine rings is 2. The molecule has 10 nitrogen and oxygen atoms in total. The molecule has 3 aliphatic heterocycles. The van der Waals surface area contributed by atoms with Gasteiger partial charge in [-0.2, -0.15) is 23.1 Å². The zero-order valence-corrected chi connectivity index (χ0v) is 26.0. The standard InChI is InChI=1S/C32H32F6N8O2/c1-15-22(32(36,37)38)19(11-20(39)23(15)34)25-24(35)26-21-28(44-30(43-26)48-14-31-6-4-8-45(31)13-17(33)12-31)46(9-10-47-29(21)42-25)16(2)18-5-3-7-41-27(18)40/h3,5,7,11,16-17H,4,6,8-10,12-14,39H2,1-2H3,(H2,40,41)/t16-,17-,31+/m1/s1. The van der Waals surface area contributed by atoms with Crippen molar-refractivity contribution >= 4 is 28.2 Å². The Labute approximate surface area is 271 Å². The quantitative estimate of drug-likeness (QED) is 0.192. The van der Waals surface area contributed by atoms with Crippen LogP contribution in [-0.4, -0.2) is 69.4 Å². The van der Waals surface area contributed by atoms with Crippen LogP contribution in [0.1, 0.15) is 48.9 Å².